The SMILES string of the molecule is C=CCOc1ccc(/C(O)=C2\C(=O)C(=O)N(CCN3CCOCC3)[C@@H]2c2ccc(OC)cc2OC)cc1. The van der Waals surface area contributed by atoms with Crippen LogP contribution in [0.3, 0.4) is 0 Å². The van der Waals surface area contributed by atoms with Gasteiger partial charge in [0.05, 0.1) is 39.0 Å². The molecule has 0 radical (unpaired) electrons. The Morgan fingerprint density at radius 2 is 1.76 bits per heavy atom. The van der Waals surface area contributed by atoms with Crippen molar-refractivity contribution in [3.05, 3.63) is 71.8 Å². The van der Waals surface area contributed by atoms with E-state index < -0.39 is 17.7 Å². The van der Waals surface area contributed by atoms with Crippen molar-refractivity contribution in [2.24, 2.45) is 0 Å². The van der Waals surface area contributed by atoms with Crippen LogP contribution in [0.15, 0.2) is 60.7 Å². The molecule has 0 aliphatic carbocycles. The zero-order valence-electron chi connectivity index (χ0n) is 21.1. The van der Waals surface area contributed by atoms with Crippen LogP contribution in [-0.2, 0) is 14.3 Å². The number of aliphatic hydroxyl groups is 1. The molecule has 2 fully saturated rings. The van der Waals surface area contributed by atoms with Crippen LogP contribution in [0.2, 0.25) is 0 Å². The minimum Gasteiger partial charge on any atom is -0.507 e. The Kier molecular flexibility index (Phi) is 8.47. The van der Waals surface area contributed by atoms with Gasteiger partial charge in [0.1, 0.15) is 29.6 Å². The highest BCUT2D eigenvalue weighted by Gasteiger charge is 2.47. The summed E-state index contributed by atoms with van der Waals surface area (Å²) >= 11 is 0. The van der Waals surface area contributed by atoms with E-state index in [-0.39, 0.29) is 11.3 Å². The van der Waals surface area contributed by atoms with Gasteiger partial charge in [-0.2, -0.15) is 0 Å². The van der Waals surface area contributed by atoms with Gasteiger partial charge in [0.15, 0.2) is 0 Å². The van der Waals surface area contributed by atoms with Gasteiger partial charge in [0.25, 0.3) is 11.7 Å². The normalized spacial score (nSPS) is 19.6. The van der Waals surface area contributed by atoms with E-state index >= 15 is 0 Å². The van der Waals surface area contributed by atoms with Crippen molar-refractivity contribution in [1.29, 1.82) is 0 Å². The van der Waals surface area contributed by atoms with Crippen molar-refractivity contribution >= 4 is 17.4 Å². The number of methoxy groups -OCH3 is 2. The number of aliphatic hydroxyl groups excluding tert-OH is 1. The van der Waals surface area contributed by atoms with Crippen LogP contribution in [0.1, 0.15) is 17.2 Å². The van der Waals surface area contributed by atoms with Gasteiger partial charge >= 0.3 is 0 Å². The molecule has 0 spiro atoms. The van der Waals surface area contributed by atoms with E-state index in [1.807, 2.05) is 0 Å². The first kappa shape index (κ1) is 26.2. The Bertz CT molecular complexity index is 1170. The average molecular weight is 509 g/mol. The standard InChI is InChI=1S/C28H32N2O7/c1-4-15-37-20-7-5-19(6-8-20)26(31)24-25(22-10-9-21(34-2)18-23(22)35-3)30(28(33)27(24)32)12-11-29-13-16-36-17-14-29/h4-10,18,25,31H,1,11-17H2,2-3H3/b26-24+/t25-/m1/s1. The maximum Gasteiger partial charge on any atom is 0.295 e. The van der Waals surface area contributed by atoms with Gasteiger partial charge < -0.3 is 29.0 Å². The molecule has 9 heteroatoms. The summed E-state index contributed by atoms with van der Waals surface area (Å²) in [5, 5.41) is 11.3. The first-order chi connectivity index (χ1) is 18.0. The van der Waals surface area contributed by atoms with Crippen LogP contribution in [0.4, 0.5) is 0 Å². The van der Waals surface area contributed by atoms with E-state index in [1.165, 1.54) is 12.0 Å². The Hall–Kier alpha value is -3.82. The zero-order valence-corrected chi connectivity index (χ0v) is 21.1. The lowest BCUT2D eigenvalue weighted by atomic mass is 9.94. The first-order valence-electron chi connectivity index (χ1n) is 12.1. The number of Topliss-reactive ketones (excluding diaryl/α,β-unsaturated/α-hetero) is 1. The van der Waals surface area contributed by atoms with E-state index in [4.69, 9.17) is 18.9 Å². The predicted octanol–water partition coefficient (Wildman–Crippen LogP) is 3.02. The number of ether oxygens (including phenoxy) is 4. The molecule has 0 bridgehead atoms. The quantitative estimate of drug-likeness (QED) is 0.226. The van der Waals surface area contributed by atoms with Gasteiger partial charge in [0, 0.05) is 43.4 Å². The molecule has 196 valence electrons. The Labute approximate surface area is 216 Å². The van der Waals surface area contributed by atoms with E-state index in [0.29, 0.717) is 61.3 Å². The third kappa shape index (κ3) is 5.63. The highest BCUT2D eigenvalue weighted by molar-refractivity contribution is 6.46. The fraction of sp³-hybridized carbons (Fsp3) is 0.357. The number of morpholine rings is 1. The maximum absolute atomic E-state index is 13.4. The molecule has 2 heterocycles. The van der Waals surface area contributed by atoms with Crippen molar-refractivity contribution in [3.63, 3.8) is 0 Å². The van der Waals surface area contributed by atoms with E-state index in [0.717, 1.165) is 13.1 Å². The molecule has 2 aliphatic rings. The lowest BCUT2D eigenvalue weighted by Gasteiger charge is -2.31. The highest BCUT2D eigenvalue weighted by atomic mass is 16.5. The third-order valence-electron chi connectivity index (χ3n) is 6.53. The second kappa shape index (κ2) is 11.9. The van der Waals surface area contributed by atoms with E-state index in [9.17, 15) is 14.7 Å². The third-order valence-corrected chi connectivity index (χ3v) is 6.53. The van der Waals surface area contributed by atoms with Crippen molar-refractivity contribution in [1.82, 2.24) is 9.80 Å². The average Bonchev–Trinajstić information content (AvgIpc) is 3.19. The minimum absolute atomic E-state index is 0.00945. The summed E-state index contributed by atoms with van der Waals surface area (Å²) in [4.78, 5) is 30.3. The summed E-state index contributed by atoms with van der Waals surface area (Å²) in [5.41, 5.74) is 0.988. The Balaban J connectivity index is 1.75. The summed E-state index contributed by atoms with van der Waals surface area (Å²) in [6, 6.07) is 11.0. The molecule has 2 aliphatic heterocycles. The number of carbonyl (C=O) groups excluding carboxylic acids is 2. The number of hydrogen-bond acceptors (Lipinski definition) is 8. The molecule has 4 rings (SSSR count). The Morgan fingerprint density at radius 3 is 2.41 bits per heavy atom. The van der Waals surface area contributed by atoms with E-state index in [2.05, 4.69) is 11.5 Å². The van der Waals surface area contributed by atoms with Crippen LogP contribution < -0.4 is 14.2 Å². The maximum atomic E-state index is 13.4. The van der Waals surface area contributed by atoms with Crippen molar-refractivity contribution < 1.29 is 33.6 Å². The van der Waals surface area contributed by atoms with Gasteiger partial charge in [-0.05, 0) is 36.4 Å². The monoisotopic (exact) mass is 508 g/mol. The lowest BCUT2D eigenvalue weighted by molar-refractivity contribution is -0.140. The molecule has 2 saturated heterocycles. The molecule has 2 aromatic carbocycles. The summed E-state index contributed by atoms with van der Waals surface area (Å²) in [6.45, 7) is 7.60. The van der Waals surface area contributed by atoms with Crippen LogP contribution in [0.5, 0.6) is 17.2 Å². The van der Waals surface area contributed by atoms with Crippen molar-refractivity contribution in [2.45, 2.75) is 6.04 Å². The van der Waals surface area contributed by atoms with Crippen molar-refractivity contribution in [2.75, 3.05) is 60.2 Å². The molecule has 9 nitrogen and oxygen atoms in total. The number of nitrogens with zero attached hydrogens (tertiary/aromatic N) is 2. The summed E-state index contributed by atoms with van der Waals surface area (Å²) in [5.74, 6) is -0.0539. The van der Waals surface area contributed by atoms with Gasteiger partial charge in [0.2, 0.25) is 0 Å². The molecule has 1 atom stereocenters. The highest BCUT2D eigenvalue weighted by Crippen LogP contribution is 2.43. The molecular weight excluding hydrogens is 476 g/mol. The fourth-order valence-electron chi connectivity index (χ4n) is 4.57. The largest absolute Gasteiger partial charge is 0.507 e. The second-order valence-electron chi connectivity index (χ2n) is 8.68. The molecular formula is C28H32N2O7. The molecule has 37 heavy (non-hydrogen) atoms. The van der Waals surface area contributed by atoms with Crippen LogP contribution in [0.25, 0.3) is 5.76 Å². The number of ketones is 1. The molecule has 0 saturated carbocycles. The number of benzene rings is 2. The zero-order chi connectivity index (χ0) is 26.4. The smallest absolute Gasteiger partial charge is 0.295 e. The molecule has 2 aromatic rings. The number of hydrogen-bond donors (Lipinski definition) is 1. The molecule has 1 amide bonds. The fourth-order valence-corrected chi connectivity index (χ4v) is 4.57. The molecule has 0 unspecified atom stereocenters. The van der Waals surface area contributed by atoms with Gasteiger partial charge in [-0.3, -0.25) is 14.5 Å². The number of carbonyl (C=O) groups is 2. The predicted molar refractivity (Wildman–Crippen MR) is 138 cm³/mol. The van der Waals surface area contributed by atoms with Gasteiger partial charge in [-0.1, -0.05) is 12.7 Å². The number of rotatable bonds is 10. The number of amides is 1. The van der Waals surface area contributed by atoms with Crippen LogP contribution in [-0.4, -0.2) is 86.8 Å². The summed E-state index contributed by atoms with van der Waals surface area (Å²) < 4.78 is 21.9. The topological polar surface area (TPSA) is 97.8 Å². The minimum atomic E-state index is -0.835. The van der Waals surface area contributed by atoms with Crippen LogP contribution in [0, 0.1) is 0 Å². The lowest BCUT2D eigenvalue weighted by Crippen LogP contribution is -2.42. The van der Waals surface area contributed by atoms with Crippen LogP contribution >= 0.6 is 0 Å². The first-order valence-corrected chi connectivity index (χ1v) is 12.1. The molecule has 1 N–H and O–H groups in total. The molecule has 0 aromatic heterocycles. The Morgan fingerprint density at radius 1 is 1.05 bits per heavy atom. The van der Waals surface area contributed by atoms with Gasteiger partial charge in [-0.15, -0.1) is 0 Å². The summed E-state index contributed by atoms with van der Waals surface area (Å²) in [6.07, 6.45) is 1.63. The van der Waals surface area contributed by atoms with E-state index in [1.54, 1.807) is 55.7 Å². The number of likely N-dealkylation sites (tertiary alicyclic amines) is 1. The second-order valence-corrected chi connectivity index (χ2v) is 8.68. The van der Waals surface area contributed by atoms with Gasteiger partial charge in [-0.25, -0.2) is 0 Å². The van der Waals surface area contributed by atoms with Crippen molar-refractivity contribution in [3.8, 4) is 17.2 Å². The summed E-state index contributed by atoms with van der Waals surface area (Å²) in [7, 11) is 3.06.